The van der Waals surface area contributed by atoms with Gasteiger partial charge in [-0.1, -0.05) is 72.3 Å². The molecule has 1 aromatic heterocycles. The molecule has 5 rings (SSSR count). The molecule has 8 heteroatoms. The first-order valence-electron chi connectivity index (χ1n) is 13.3. The van der Waals surface area contributed by atoms with E-state index in [2.05, 4.69) is 29.2 Å². The number of amides is 2. The molecule has 2 fully saturated rings. The van der Waals surface area contributed by atoms with Crippen LogP contribution in [0.1, 0.15) is 45.4 Å². The van der Waals surface area contributed by atoms with Crippen molar-refractivity contribution in [2.45, 2.75) is 25.2 Å². The van der Waals surface area contributed by atoms with Crippen LogP contribution in [0.2, 0.25) is 5.02 Å². The van der Waals surface area contributed by atoms with E-state index in [0.717, 1.165) is 56.1 Å². The number of aromatic nitrogens is 1. The lowest BCUT2D eigenvalue weighted by Crippen LogP contribution is -2.48. The van der Waals surface area contributed by atoms with Gasteiger partial charge in [-0.25, -0.2) is 4.98 Å². The van der Waals surface area contributed by atoms with Crippen LogP contribution in [0.15, 0.2) is 66.1 Å². The lowest BCUT2D eigenvalue weighted by Gasteiger charge is -2.33. The Morgan fingerprint density at radius 1 is 0.921 bits per heavy atom. The van der Waals surface area contributed by atoms with Crippen LogP contribution in [0, 0.1) is 0 Å². The fourth-order valence-electron chi connectivity index (χ4n) is 5.06. The van der Waals surface area contributed by atoms with Gasteiger partial charge in [0.15, 0.2) is 0 Å². The summed E-state index contributed by atoms with van der Waals surface area (Å²) in [7, 11) is 0. The first-order chi connectivity index (χ1) is 18.6. The van der Waals surface area contributed by atoms with E-state index in [9.17, 15) is 9.59 Å². The number of nitrogens with zero attached hydrogens (tertiary/aromatic N) is 4. The monoisotopic (exact) mass is 548 g/mol. The molecule has 3 aromatic rings. The van der Waals surface area contributed by atoms with E-state index in [1.165, 1.54) is 5.56 Å². The SMILES string of the molecule is O=C(Cc1ccccc1Cl)N1CCC(c2nc(C(=O)N3CCN(CC=Cc4ccccc4)CC3)cs2)CC1. The van der Waals surface area contributed by atoms with Gasteiger partial charge in [-0.3, -0.25) is 14.5 Å². The molecule has 0 bridgehead atoms. The van der Waals surface area contributed by atoms with Crippen LogP contribution in [0.3, 0.4) is 0 Å². The molecule has 3 heterocycles. The lowest BCUT2D eigenvalue weighted by molar-refractivity contribution is -0.131. The van der Waals surface area contributed by atoms with Gasteiger partial charge in [0.1, 0.15) is 5.69 Å². The summed E-state index contributed by atoms with van der Waals surface area (Å²) in [5.74, 6) is 0.430. The van der Waals surface area contributed by atoms with Crippen LogP contribution >= 0.6 is 22.9 Å². The second-order valence-electron chi connectivity index (χ2n) is 9.90. The summed E-state index contributed by atoms with van der Waals surface area (Å²) in [6, 6.07) is 17.8. The molecule has 6 nitrogen and oxygen atoms in total. The zero-order valence-electron chi connectivity index (χ0n) is 21.5. The van der Waals surface area contributed by atoms with Gasteiger partial charge in [0, 0.05) is 62.1 Å². The molecule has 2 saturated heterocycles. The smallest absolute Gasteiger partial charge is 0.273 e. The predicted molar refractivity (Wildman–Crippen MR) is 154 cm³/mol. The van der Waals surface area contributed by atoms with Crippen molar-refractivity contribution in [1.29, 1.82) is 0 Å². The van der Waals surface area contributed by atoms with E-state index >= 15 is 0 Å². The molecule has 0 atom stereocenters. The normalized spacial score (nSPS) is 17.3. The van der Waals surface area contributed by atoms with Crippen molar-refractivity contribution in [2.75, 3.05) is 45.8 Å². The van der Waals surface area contributed by atoms with Crippen molar-refractivity contribution in [2.24, 2.45) is 0 Å². The quantitative estimate of drug-likeness (QED) is 0.406. The average Bonchev–Trinajstić information content (AvgIpc) is 3.45. The van der Waals surface area contributed by atoms with Gasteiger partial charge in [-0.05, 0) is 30.0 Å². The van der Waals surface area contributed by atoms with Crippen LogP contribution in [0.25, 0.3) is 6.08 Å². The molecule has 0 N–H and O–H groups in total. The maximum atomic E-state index is 13.1. The number of hydrogen-bond donors (Lipinski definition) is 0. The van der Waals surface area contributed by atoms with Crippen molar-refractivity contribution in [3.05, 3.63) is 92.9 Å². The minimum absolute atomic E-state index is 0.0272. The number of halogens is 1. The van der Waals surface area contributed by atoms with Gasteiger partial charge >= 0.3 is 0 Å². The summed E-state index contributed by atoms with van der Waals surface area (Å²) in [4.78, 5) is 36.9. The highest BCUT2D eigenvalue weighted by Crippen LogP contribution is 2.31. The third kappa shape index (κ3) is 6.70. The van der Waals surface area contributed by atoms with Crippen LogP contribution in [-0.2, 0) is 11.2 Å². The van der Waals surface area contributed by atoms with E-state index in [-0.39, 0.29) is 11.8 Å². The van der Waals surface area contributed by atoms with E-state index < -0.39 is 0 Å². The maximum absolute atomic E-state index is 13.1. The number of rotatable bonds is 7. The van der Waals surface area contributed by atoms with Gasteiger partial charge in [-0.15, -0.1) is 11.3 Å². The molecule has 0 radical (unpaired) electrons. The number of carbonyl (C=O) groups is 2. The van der Waals surface area contributed by atoms with Gasteiger partial charge in [0.2, 0.25) is 5.91 Å². The lowest BCUT2D eigenvalue weighted by atomic mass is 9.97. The van der Waals surface area contributed by atoms with Gasteiger partial charge < -0.3 is 9.80 Å². The van der Waals surface area contributed by atoms with Crippen molar-refractivity contribution in [3.63, 3.8) is 0 Å². The fraction of sp³-hybridized carbons (Fsp3) is 0.367. The maximum Gasteiger partial charge on any atom is 0.273 e. The Balaban J connectivity index is 1.07. The Labute approximate surface area is 233 Å². The van der Waals surface area contributed by atoms with Crippen molar-refractivity contribution in [1.82, 2.24) is 19.7 Å². The summed E-state index contributed by atoms with van der Waals surface area (Å²) < 4.78 is 0. The molecule has 0 saturated carbocycles. The van der Waals surface area contributed by atoms with Crippen molar-refractivity contribution in [3.8, 4) is 0 Å². The first kappa shape index (κ1) is 26.6. The Morgan fingerprint density at radius 3 is 2.37 bits per heavy atom. The van der Waals surface area contributed by atoms with Crippen molar-refractivity contribution >= 4 is 40.8 Å². The summed E-state index contributed by atoms with van der Waals surface area (Å²) in [5, 5.41) is 3.55. The zero-order chi connectivity index (χ0) is 26.3. The Morgan fingerprint density at radius 2 is 1.63 bits per heavy atom. The number of hydrogen-bond acceptors (Lipinski definition) is 5. The predicted octanol–water partition coefficient (Wildman–Crippen LogP) is 5.22. The van der Waals surface area contributed by atoms with Crippen LogP contribution < -0.4 is 0 Å². The summed E-state index contributed by atoms with van der Waals surface area (Å²) >= 11 is 7.80. The molecule has 0 spiro atoms. The summed E-state index contributed by atoms with van der Waals surface area (Å²) in [5.41, 5.74) is 2.63. The molecule has 2 amide bonds. The Bertz CT molecular complexity index is 1260. The number of piperazine rings is 1. The Kier molecular flexibility index (Phi) is 8.89. The number of piperidine rings is 1. The number of thiazole rings is 1. The molecule has 0 unspecified atom stereocenters. The van der Waals surface area contributed by atoms with E-state index in [1.807, 2.05) is 57.6 Å². The summed E-state index contributed by atoms with van der Waals surface area (Å²) in [6.07, 6.45) is 6.40. The van der Waals surface area contributed by atoms with Crippen LogP contribution in [0.4, 0.5) is 0 Å². The second-order valence-corrected chi connectivity index (χ2v) is 11.2. The number of carbonyl (C=O) groups excluding carboxylic acids is 2. The van der Waals surface area contributed by atoms with Crippen LogP contribution in [-0.4, -0.2) is 77.3 Å². The highest BCUT2D eigenvalue weighted by molar-refractivity contribution is 7.09. The van der Waals surface area contributed by atoms with E-state index in [1.54, 1.807) is 11.3 Å². The molecule has 38 heavy (non-hydrogen) atoms. The first-order valence-corrected chi connectivity index (χ1v) is 14.5. The average molecular weight is 549 g/mol. The topological polar surface area (TPSA) is 56.8 Å². The number of likely N-dealkylation sites (tertiary alicyclic amines) is 1. The highest BCUT2D eigenvalue weighted by atomic mass is 35.5. The molecular weight excluding hydrogens is 516 g/mol. The van der Waals surface area contributed by atoms with E-state index in [4.69, 9.17) is 16.6 Å². The molecule has 2 aromatic carbocycles. The highest BCUT2D eigenvalue weighted by Gasteiger charge is 2.28. The minimum Gasteiger partial charge on any atom is -0.342 e. The second kappa shape index (κ2) is 12.7. The zero-order valence-corrected chi connectivity index (χ0v) is 23.0. The van der Waals surface area contributed by atoms with Crippen molar-refractivity contribution < 1.29 is 9.59 Å². The number of benzene rings is 2. The van der Waals surface area contributed by atoms with Gasteiger partial charge in [0.05, 0.1) is 11.4 Å². The summed E-state index contributed by atoms with van der Waals surface area (Å²) in [6.45, 7) is 5.46. The third-order valence-corrected chi connectivity index (χ3v) is 8.75. The minimum atomic E-state index is 0.0272. The molecule has 198 valence electrons. The standard InChI is InChI=1S/C30H33ClN4O2S/c31-26-11-5-4-10-25(26)21-28(36)34-15-12-24(13-16-34)29-32-27(22-38-29)30(37)35-19-17-33(18-20-35)14-6-9-23-7-2-1-3-8-23/h1-11,22,24H,12-21H2. The molecule has 2 aliphatic rings. The Hall–Kier alpha value is -3.00. The molecule has 2 aliphatic heterocycles. The largest absolute Gasteiger partial charge is 0.342 e. The van der Waals surface area contributed by atoms with Gasteiger partial charge in [-0.2, -0.15) is 0 Å². The molecular formula is C30H33ClN4O2S. The van der Waals surface area contributed by atoms with E-state index in [0.29, 0.717) is 36.1 Å². The molecule has 0 aliphatic carbocycles. The van der Waals surface area contributed by atoms with Gasteiger partial charge in [0.25, 0.3) is 5.91 Å². The fourth-order valence-corrected chi connectivity index (χ4v) is 6.23. The van der Waals surface area contributed by atoms with Crippen LogP contribution in [0.5, 0.6) is 0 Å². The third-order valence-electron chi connectivity index (χ3n) is 7.37.